The molecule has 6 heteroatoms. The van der Waals surface area contributed by atoms with Crippen molar-refractivity contribution >= 4 is 23.4 Å². The fourth-order valence-corrected chi connectivity index (χ4v) is 3.36. The molecule has 5 nitrogen and oxygen atoms in total. The van der Waals surface area contributed by atoms with E-state index >= 15 is 0 Å². The molecule has 2 aromatic carbocycles. The lowest BCUT2D eigenvalue weighted by Crippen LogP contribution is -2.56. The van der Waals surface area contributed by atoms with Crippen LogP contribution in [0.15, 0.2) is 48.5 Å². The molecule has 3 rings (SSSR count). The van der Waals surface area contributed by atoms with Crippen molar-refractivity contribution in [3.63, 3.8) is 0 Å². The van der Waals surface area contributed by atoms with Gasteiger partial charge in [-0.2, -0.15) is 0 Å². The lowest BCUT2D eigenvalue weighted by molar-refractivity contribution is -0.134. The lowest BCUT2D eigenvalue weighted by Gasteiger charge is -2.35. The van der Waals surface area contributed by atoms with Crippen molar-refractivity contribution in [1.82, 2.24) is 15.5 Å². The zero-order valence-electron chi connectivity index (χ0n) is 15.4. The SMILES string of the molecule is Cc1ccccc1CN1CCNC(=O)C1CC(=O)NCc1ccc(Cl)cc1. The van der Waals surface area contributed by atoms with Gasteiger partial charge in [-0.05, 0) is 35.7 Å². The van der Waals surface area contributed by atoms with Crippen molar-refractivity contribution in [2.75, 3.05) is 13.1 Å². The van der Waals surface area contributed by atoms with E-state index in [1.165, 1.54) is 11.1 Å². The summed E-state index contributed by atoms with van der Waals surface area (Å²) < 4.78 is 0. The van der Waals surface area contributed by atoms with Gasteiger partial charge < -0.3 is 10.6 Å². The predicted octanol–water partition coefficient (Wildman–Crippen LogP) is 2.66. The number of hydrogen-bond donors (Lipinski definition) is 2. The van der Waals surface area contributed by atoms with Crippen LogP contribution in [-0.4, -0.2) is 35.8 Å². The minimum absolute atomic E-state index is 0.0866. The molecule has 1 saturated heterocycles. The summed E-state index contributed by atoms with van der Waals surface area (Å²) in [5.41, 5.74) is 3.34. The van der Waals surface area contributed by atoms with Crippen molar-refractivity contribution < 1.29 is 9.59 Å². The molecule has 27 heavy (non-hydrogen) atoms. The summed E-state index contributed by atoms with van der Waals surface area (Å²) in [5, 5.41) is 6.43. The molecule has 2 N–H and O–H groups in total. The van der Waals surface area contributed by atoms with E-state index in [-0.39, 0.29) is 18.2 Å². The average Bonchev–Trinajstić information content (AvgIpc) is 2.66. The molecule has 1 aliphatic heterocycles. The third kappa shape index (κ3) is 5.31. The van der Waals surface area contributed by atoms with Crippen LogP contribution < -0.4 is 10.6 Å². The van der Waals surface area contributed by atoms with Gasteiger partial charge in [0.1, 0.15) is 0 Å². The lowest BCUT2D eigenvalue weighted by atomic mass is 10.0. The number of piperazine rings is 1. The summed E-state index contributed by atoms with van der Waals surface area (Å²) >= 11 is 5.88. The molecule has 1 unspecified atom stereocenters. The van der Waals surface area contributed by atoms with E-state index in [4.69, 9.17) is 11.6 Å². The standard InChI is InChI=1S/C21H24ClN3O2/c1-15-4-2-3-5-17(15)14-25-11-10-23-21(27)19(25)12-20(26)24-13-16-6-8-18(22)9-7-16/h2-9,19H,10-14H2,1H3,(H,23,27)(H,24,26). The largest absolute Gasteiger partial charge is 0.353 e. The Morgan fingerprint density at radius 2 is 1.96 bits per heavy atom. The van der Waals surface area contributed by atoms with Gasteiger partial charge in [0.15, 0.2) is 0 Å². The first kappa shape index (κ1) is 19.4. The van der Waals surface area contributed by atoms with Gasteiger partial charge in [-0.1, -0.05) is 48.0 Å². The Hall–Kier alpha value is -2.37. The van der Waals surface area contributed by atoms with Crippen LogP contribution in [0, 0.1) is 6.92 Å². The van der Waals surface area contributed by atoms with Crippen LogP contribution in [0.25, 0.3) is 0 Å². The third-order valence-electron chi connectivity index (χ3n) is 4.86. The number of nitrogens with one attached hydrogen (secondary N) is 2. The summed E-state index contributed by atoms with van der Waals surface area (Å²) in [6.45, 7) is 4.48. The molecule has 1 atom stereocenters. The van der Waals surface area contributed by atoms with Crippen molar-refractivity contribution in [3.8, 4) is 0 Å². The summed E-state index contributed by atoms with van der Waals surface area (Å²) in [4.78, 5) is 26.9. The Labute approximate surface area is 164 Å². The molecule has 0 bridgehead atoms. The Bertz CT molecular complexity index is 807. The molecule has 0 aromatic heterocycles. The van der Waals surface area contributed by atoms with Crippen molar-refractivity contribution in [2.24, 2.45) is 0 Å². The van der Waals surface area contributed by atoms with Gasteiger partial charge in [0, 0.05) is 31.2 Å². The van der Waals surface area contributed by atoms with Crippen LogP contribution in [0.4, 0.5) is 0 Å². The fourth-order valence-electron chi connectivity index (χ4n) is 3.23. The maximum Gasteiger partial charge on any atom is 0.237 e. The van der Waals surface area contributed by atoms with Gasteiger partial charge in [-0.15, -0.1) is 0 Å². The van der Waals surface area contributed by atoms with E-state index in [0.717, 1.165) is 12.1 Å². The van der Waals surface area contributed by atoms with Crippen molar-refractivity contribution in [3.05, 3.63) is 70.2 Å². The number of amides is 2. The Balaban J connectivity index is 1.61. The first-order valence-electron chi connectivity index (χ1n) is 9.10. The second kappa shape index (κ2) is 9.02. The number of benzene rings is 2. The van der Waals surface area contributed by atoms with Gasteiger partial charge in [0.25, 0.3) is 0 Å². The molecule has 1 fully saturated rings. The van der Waals surface area contributed by atoms with Gasteiger partial charge in [-0.3, -0.25) is 14.5 Å². The Morgan fingerprint density at radius 1 is 1.22 bits per heavy atom. The minimum atomic E-state index is -0.455. The van der Waals surface area contributed by atoms with E-state index in [1.807, 2.05) is 24.3 Å². The molecule has 0 aliphatic carbocycles. The highest BCUT2D eigenvalue weighted by atomic mass is 35.5. The first-order valence-corrected chi connectivity index (χ1v) is 9.48. The van der Waals surface area contributed by atoms with Crippen LogP contribution in [-0.2, 0) is 22.7 Å². The first-order chi connectivity index (χ1) is 13.0. The molecule has 1 heterocycles. The highest BCUT2D eigenvalue weighted by molar-refractivity contribution is 6.30. The van der Waals surface area contributed by atoms with Crippen molar-refractivity contribution in [2.45, 2.75) is 32.5 Å². The van der Waals surface area contributed by atoms with E-state index in [9.17, 15) is 9.59 Å². The van der Waals surface area contributed by atoms with Crippen molar-refractivity contribution in [1.29, 1.82) is 0 Å². The van der Waals surface area contributed by atoms with E-state index in [2.05, 4.69) is 34.6 Å². The molecule has 2 amide bonds. The van der Waals surface area contributed by atoms with E-state index < -0.39 is 6.04 Å². The van der Waals surface area contributed by atoms with E-state index in [0.29, 0.717) is 24.7 Å². The molecule has 1 aliphatic rings. The monoisotopic (exact) mass is 385 g/mol. The average molecular weight is 386 g/mol. The maximum atomic E-state index is 12.4. The maximum absolute atomic E-state index is 12.4. The zero-order chi connectivity index (χ0) is 19.2. The quantitative estimate of drug-likeness (QED) is 0.803. The highest BCUT2D eigenvalue weighted by Crippen LogP contribution is 2.16. The number of halogens is 1. The normalized spacial score (nSPS) is 17.4. The van der Waals surface area contributed by atoms with Gasteiger partial charge in [-0.25, -0.2) is 0 Å². The molecule has 0 radical (unpaired) electrons. The number of carbonyl (C=O) groups excluding carboxylic acids is 2. The van der Waals surface area contributed by atoms with E-state index in [1.54, 1.807) is 12.1 Å². The molecular weight excluding hydrogens is 362 g/mol. The van der Waals surface area contributed by atoms with Crippen LogP contribution in [0.1, 0.15) is 23.1 Å². The molecule has 2 aromatic rings. The topological polar surface area (TPSA) is 61.4 Å². The van der Waals surface area contributed by atoms with Crippen LogP contribution in [0.5, 0.6) is 0 Å². The summed E-state index contributed by atoms with van der Waals surface area (Å²) in [5.74, 6) is -0.224. The van der Waals surface area contributed by atoms with Gasteiger partial charge in [0.2, 0.25) is 11.8 Å². The number of aryl methyl sites for hydroxylation is 1. The van der Waals surface area contributed by atoms with Crippen LogP contribution >= 0.6 is 11.6 Å². The zero-order valence-corrected chi connectivity index (χ0v) is 16.1. The number of carbonyl (C=O) groups is 2. The number of nitrogens with zero attached hydrogens (tertiary/aromatic N) is 1. The summed E-state index contributed by atoms with van der Waals surface area (Å²) in [6.07, 6.45) is 0.144. The predicted molar refractivity (Wildman–Crippen MR) is 106 cm³/mol. The molecular formula is C21H24ClN3O2. The Morgan fingerprint density at radius 3 is 2.70 bits per heavy atom. The summed E-state index contributed by atoms with van der Waals surface area (Å²) in [7, 11) is 0. The number of hydrogen-bond acceptors (Lipinski definition) is 3. The van der Waals surface area contributed by atoms with Gasteiger partial charge in [0.05, 0.1) is 12.5 Å². The molecule has 0 saturated carbocycles. The number of rotatable bonds is 6. The summed E-state index contributed by atoms with van der Waals surface area (Å²) in [6, 6.07) is 15.0. The minimum Gasteiger partial charge on any atom is -0.353 e. The highest BCUT2D eigenvalue weighted by Gasteiger charge is 2.31. The molecule has 0 spiro atoms. The third-order valence-corrected chi connectivity index (χ3v) is 5.11. The Kier molecular flexibility index (Phi) is 6.48. The van der Waals surface area contributed by atoms with Crippen LogP contribution in [0.2, 0.25) is 5.02 Å². The second-order valence-electron chi connectivity index (χ2n) is 6.81. The van der Waals surface area contributed by atoms with Gasteiger partial charge >= 0.3 is 0 Å². The smallest absolute Gasteiger partial charge is 0.237 e. The fraction of sp³-hybridized carbons (Fsp3) is 0.333. The van der Waals surface area contributed by atoms with Crippen LogP contribution in [0.3, 0.4) is 0 Å². The second-order valence-corrected chi connectivity index (χ2v) is 7.25. The molecule has 142 valence electrons.